The number of aromatic nitrogens is 1. The Morgan fingerprint density at radius 3 is 2.71 bits per heavy atom. The molecular weight excluding hydrogens is 214 g/mol. The lowest BCUT2D eigenvalue weighted by atomic mass is 10.1. The molecule has 1 fully saturated rings. The molecule has 1 saturated carbocycles. The van der Waals surface area contributed by atoms with Crippen LogP contribution in [0.25, 0.3) is 0 Å². The topological polar surface area (TPSA) is 12.9 Å². The van der Waals surface area contributed by atoms with E-state index in [0.29, 0.717) is 17.3 Å². The Bertz CT molecular complexity index is 332. The third-order valence-corrected chi connectivity index (χ3v) is 4.75. The maximum atomic E-state index is 5.94. The van der Waals surface area contributed by atoms with Gasteiger partial charge in [-0.15, -0.1) is 22.9 Å². The third-order valence-electron chi connectivity index (χ3n) is 3.41. The third kappa shape index (κ3) is 1.49. The average molecular weight is 230 g/mol. The lowest BCUT2D eigenvalue weighted by molar-refractivity contribution is 0.575. The lowest BCUT2D eigenvalue weighted by Gasteiger charge is -1.98. The van der Waals surface area contributed by atoms with Crippen LogP contribution in [0.15, 0.2) is 5.38 Å². The van der Waals surface area contributed by atoms with Gasteiger partial charge in [-0.25, -0.2) is 4.98 Å². The van der Waals surface area contributed by atoms with Crippen LogP contribution in [0.1, 0.15) is 37.4 Å². The highest BCUT2D eigenvalue weighted by atomic mass is 35.5. The van der Waals surface area contributed by atoms with Crippen molar-refractivity contribution in [2.24, 2.45) is 11.3 Å². The first-order valence-corrected chi connectivity index (χ1v) is 6.53. The Morgan fingerprint density at radius 1 is 1.57 bits per heavy atom. The van der Waals surface area contributed by atoms with Gasteiger partial charge < -0.3 is 0 Å². The van der Waals surface area contributed by atoms with E-state index < -0.39 is 0 Å². The van der Waals surface area contributed by atoms with Gasteiger partial charge in [0.05, 0.1) is 10.7 Å². The minimum Gasteiger partial charge on any atom is -0.246 e. The molecule has 0 spiro atoms. The second-order valence-electron chi connectivity index (χ2n) is 4.58. The van der Waals surface area contributed by atoms with Crippen molar-refractivity contribution in [3.8, 4) is 0 Å². The van der Waals surface area contributed by atoms with E-state index in [0.717, 1.165) is 12.3 Å². The molecule has 1 aromatic heterocycles. The van der Waals surface area contributed by atoms with E-state index in [2.05, 4.69) is 31.1 Å². The molecule has 14 heavy (non-hydrogen) atoms. The Morgan fingerprint density at radius 2 is 2.29 bits per heavy atom. The Labute approximate surface area is 94.5 Å². The van der Waals surface area contributed by atoms with Gasteiger partial charge in [0, 0.05) is 17.2 Å². The summed E-state index contributed by atoms with van der Waals surface area (Å²) in [7, 11) is 0. The predicted molar refractivity (Wildman–Crippen MR) is 62.2 cm³/mol. The molecule has 0 aromatic carbocycles. The van der Waals surface area contributed by atoms with Gasteiger partial charge in [-0.3, -0.25) is 0 Å². The first kappa shape index (κ1) is 10.4. The van der Waals surface area contributed by atoms with Crippen molar-refractivity contribution in [2.75, 3.05) is 5.88 Å². The van der Waals surface area contributed by atoms with Gasteiger partial charge >= 0.3 is 0 Å². The SMILES string of the molecule is CCc1nc(C2C(CCl)C2(C)C)cs1. The van der Waals surface area contributed by atoms with Crippen molar-refractivity contribution >= 4 is 22.9 Å². The number of halogens is 1. The molecule has 0 N–H and O–H groups in total. The van der Waals surface area contributed by atoms with Crippen LogP contribution < -0.4 is 0 Å². The number of hydrogen-bond donors (Lipinski definition) is 0. The Kier molecular flexibility index (Phi) is 2.61. The van der Waals surface area contributed by atoms with E-state index in [-0.39, 0.29) is 0 Å². The summed E-state index contributed by atoms with van der Waals surface area (Å²) in [5.41, 5.74) is 1.63. The fourth-order valence-electron chi connectivity index (χ4n) is 2.25. The molecule has 1 heterocycles. The molecule has 1 aliphatic carbocycles. The highest BCUT2D eigenvalue weighted by Gasteiger charge is 2.58. The largest absolute Gasteiger partial charge is 0.246 e. The molecular formula is C11H16ClNS. The summed E-state index contributed by atoms with van der Waals surface area (Å²) in [6.45, 7) is 6.73. The molecule has 0 aliphatic heterocycles. The van der Waals surface area contributed by atoms with Crippen LogP contribution in [-0.2, 0) is 6.42 Å². The standard InChI is InChI=1S/C11H16ClNS/c1-4-9-13-8(6-14-9)10-7(5-12)11(10,2)3/h6-7,10H,4-5H2,1-3H3. The summed E-state index contributed by atoms with van der Waals surface area (Å²) < 4.78 is 0. The van der Waals surface area contributed by atoms with Crippen LogP contribution in [0.2, 0.25) is 0 Å². The van der Waals surface area contributed by atoms with Crippen molar-refractivity contribution < 1.29 is 0 Å². The van der Waals surface area contributed by atoms with E-state index in [9.17, 15) is 0 Å². The van der Waals surface area contributed by atoms with E-state index in [4.69, 9.17) is 11.6 Å². The maximum Gasteiger partial charge on any atom is 0.0925 e. The number of aryl methyl sites for hydroxylation is 1. The van der Waals surface area contributed by atoms with Crippen molar-refractivity contribution in [3.63, 3.8) is 0 Å². The zero-order valence-electron chi connectivity index (χ0n) is 8.88. The molecule has 2 unspecified atom stereocenters. The summed E-state index contributed by atoms with van der Waals surface area (Å²) in [5, 5.41) is 3.45. The fraction of sp³-hybridized carbons (Fsp3) is 0.727. The monoisotopic (exact) mass is 229 g/mol. The number of thiazole rings is 1. The molecule has 1 nitrogen and oxygen atoms in total. The average Bonchev–Trinajstić information content (AvgIpc) is 2.55. The van der Waals surface area contributed by atoms with Gasteiger partial charge in [0.15, 0.2) is 0 Å². The van der Waals surface area contributed by atoms with E-state index in [1.807, 2.05) is 0 Å². The molecule has 0 saturated heterocycles. The predicted octanol–water partition coefficient (Wildman–Crippen LogP) is 3.68. The quantitative estimate of drug-likeness (QED) is 0.721. The Hall–Kier alpha value is -0.0800. The van der Waals surface area contributed by atoms with E-state index >= 15 is 0 Å². The minimum atomic E-state index is 0.362. The number of rotatable bonds is 3. The smallest absolute Gasteiger partial charge is 0.0925 e. The van der Waals surface area contributed by atoms with Crippen LogP contribution in [0, 0.1) is 11.3 Å². The highest BCUT2D eigenvalue weighted by Crippen LogP contribution is 2.64. The molecule has 1 aromatic rings. The summed E-state index contributed by atoms with van der Waals surface area (Å²) in [6, 6.07) is 0. The van der Waals surface area contributed by atoms with Crippen LogP contribution in [-0.4, -0.2) is 10.9 Å². The molecule has 3 heteroatoms. The first-order chi connectivity index (χ1) is 6.61. The van der Waals surface area contributed by atoms with E-state index in [1.165, 1.54) is 10.7 Å². The number of hydrogen-bond acceptors (Lipinski definition) is 2. The van der Waals surface area contributed by atoms with Crippen LogP contribution >= 0.6 is 22.9 Å². The number of alkyl halides is 1. The van der Waals surface area contributed by atoms with E-state index in [1.54, 1.807) is 11.3 Å². The van der Waals surface area contributed by atoms with Crippen molar-refractivity contribution in [2.45, 2.75) is 33.1 Å². The molecule has 0 bridgehead atoms. The van der Waals surface area contributed by atoms with Gasteiger partial charge in [-0.2, -0.15) is 0 Å². The van der Waals surface area contributed by atoms with Crippen molar-refractivity contribution in [1.82, 2.24) is 4.98 Å². The van der Waals surface area contributed by atoms with Gasteiger partial charge in [-0.1, -0.05) is 20.8 Å². The summed E-state index contributed by atoms with van der Waals surface area (Å²) >= 11 is 7.72. The normalized spacial score (nSPS) is 29.1. The van der Waals surface area contributed by atoms with Crippen LogP contribution in [0.3, 0.4) is 0 Å². The molecule has 1 aliphatic rings. The van der Waals surface area contributed by atoms with Crippen molar-refractivity contribution in [3.05, 3.63) is 16.1 Å². The Balaban J connectivity index is 2.18. The van der Waals surface area contributed by atoms with Gasteiger partial charge in [-0.05, 0) is 17.8 Å². The first-order valence-electron chi connectivity index (χ1n) is 5.11. The summed E-state index contributed by atoms with van der Waals surface area (Å²) in [5.74, 6) is 1.98. The maximum absolute atomic E-state index is 5.94. The second-order valence-corrected chi connectivity index (χ2v) is 5.83. The van der Waals surface area contributed by atoms with Gasteiger partial charge in [0.2, 0.25) is 0 Å². The molecule has 0 amide bonds. The summed E-state index contributed by atoms with van der Waals surface area (Å²) in [4.78, 5) is 4.64. The molecule has 0 radical (unpaired) electrons. The van der Waals surface area contributed by atoms with Crippen molar-refractivity contribution in [1.29, 1.82) is 0 Å². The molecule has 2 atom stereocenters. The zero-order valence-corrected chi connectivity index (χ0v) is 10.5. The minimum absolute atomic E-state index is 0.362. The van der Waals surface area contributed by atoms with Crippen LogP contribution in [0.4, 0.5) is 0 Å². The molecule has 2 rings (SSSR count). The van der Waals surface area contributed by atoms with Gasteiger partial charge in [0.1, 0.15) is 0 Å². The lowest BCUT2D eigenvalue weighted by Crippen LogP contribution is -1.91. The highest BCUT2D eigenvalue weighted by molar-refractivity contribution is 7.09. The number of nitrogens with zero attached hydrogens (tertiary/aromatic N) is 1. The molecule has 78 valence electrons. The van der Waals surface area contributed by atoms with Crippen LogP contribution in [0.5, 0.6) is 0 Å². The fourth-order valence-corrected chi connectivity index (χ4v) is 3.61. The summed E-state index contributed by atoms with van der Waals surface area (Å²) in [6.07, 6.45) is 1.04. The zero-order chi connectivity index (χ0) is 10.3. The second kappa shape index (κ2) is 3.49. The van der Waals surface area contributed by atoms with Gasteiger partial charge in [0.25, 0.3) is 0 Å².